The van der Waals surface area contributed by atoms with E-state index in [9.17, 15) is 14.4 Å². The van der Waals surface area contributed by atoms with Crippen molar-refractivity contribution in [3.63, 3.8) is 0 Å². The molecule has 1 saturated carbocycles. The van der Waals surface area contributed by atoms with Crippen molar-refractivity contribution in [3.8, 4) is 0 Å². The van der Waals surface area contributed by atoms with Crippen LogP contribution in [-0.4, -0.2) is 58.6 Å². The Balaban J connectivity index is 1.39. The van der Waals surface area contributed by atoms with Crippen molar-refractivity contribution in [1.82, 2.24) is 14.7 Å². The Morgan fingerprint density at radius 2 is 1.62 bits per heavy atom. The predicted molar refractivity (Wildman–Crippen MR) is 110 cm³/mol. The summed E-state index contributed by atoms with van der Waals surface area (Å²) in [6.45, 7) is 3.89. The second-order valence-electron chi connectivity index (χ2n) is 8.28. The summed E-state index contributed by atoms with van der Waals surface area (Å²) in [6.07, 6.45) is 8.28. The van der Waals surface area contributed by atoms with E-state index in [0.717, 1.165) is 36.8 Å². The van der Waals surface area contributed by atoms with Gasteiger partial charge in [0.1, 0.15) is 0 Å². The highest BCUT2D eigenvalue weighted by Crippen LogP contribution is 2.33. The number of hydrogen-bond donors (Lipinski definition) is 0. The summed E-state index contributed by atoms with van der Waals surface area (Å²) in [4.78, 5) is 43.2. The van der Waals surface area contributed by atoms with Gasteiger partial charge in [0.25, 0.3) is 0 Å². The molecule has 6 nitrogen and oxygen atoms in total. The van der Waals surface area contributed by atoms with Crippen molar-refractivity contribution in [1.29, 1.82) is 0 Å². The molecule has 3 aliphatic rings. The molecule has 2 fully saturated rings. The number of amides is 3. The van der Waals surface area contributed by atoms with Gasteiger partial charge in [-0.15, -0.1) is 0 Å². The number of fused-ring (bicyclic) bond motifs is 1. The first-order chi connectivity index (χ1) is 14.0. The molecule has 0 radical (unpaired) electrons. The number of benzene rings is 1. The minimum atomic E-state index is -0.278. The van der Waals surface area contributed by atoms with Gasteiger partial charge in [-0.3, -0.25) is 14.4 Å². The van der Waals surface area contributed by atoms with Crippen LogP contribution >= 0.6 is 0 Å². The van der Waals surface area contributed by atoms with E-state index in [1.807, 2.05) is 40.1 Å². The first-order valence-electron chi connectivity index (χ1n) is 10.7. The predicted octanol–water partition coefficient (Wildman–Crippen LogP) is 2.81. The Labute approximate surface area is 172 Å². The molecule has 1 unspecified atom stereocenters. The van der Waals surface area contributed by atoms with Crippen LogP contribution in [0.1, 0.15) is 56.2 Å². The molecule has 6 heteroatoms. The summed E-state index contributed by atoms with van der Waals surface area (Å²) < 4.78 is 0. The zero-order valence-electron chi connectivity index (χ0n) is 17.0. The lowest BCUT2D eigenvalue weighted by Gasteiger charge is -2.38. The van der Waals surface area contributed by atoms with Crippen LogP contribution in [0, 0.1) is 5.92 Å². The average molecular weight is 396 g/mol. The monoisotopic (exact) mass is 395 g/mol. The Bertz CT molecular complexity index is 820. The summed E-state index contributed by atoms with van der Waals surface area (Å²) in [7, 11) is 0. The average Bonchev–Trinajstić information content (AvgIpc) is 3.28. The molecule has 0 bridgehead atoms. The van der Waals surface area contributed by atoms with Gasteiger partial charge in [-0.2, -0.15) is 0 Å². The Morgan fingerprint density at radius 3 is 2.31 bits per heavy atom. The lowest BCUT2D eigenvalue weighted by atomic mass is 9.93. The van der Waals surface area contributed by atoms with E-state index in [0.29, 0.717) is 26.2 Å². The fraction of sp³-hybridized carbons (Fsp3) is 0.522. The third-order valence-electron chi connectivity index (χ3n) is 6.49. The molecule has 2 heterocycles. The zero-order chi connectivity index (χ0) is 20.4. The normalized spacial score (nSPS) is 22.0. The molecule has 1 atom stereocenters. The van der Waals surface area contributed by atoms with E-state index in [2.05, 4.69) is 0 Å². The summed E-state index contributed by atoms with van der Waals surface area (Å²) in [5, 5.41) is 0. The smallest absolute Gasteiger partial charge is 0.225 e. The van der Waals surface area contributed by atoms with Crippen LogP contribution in [-0.2, 0) is 14.4 Å². The van der Waals surface area contributed by atoms with Gasteiger partial charge in [-0.05, 0) is 30.0 Å². The van der Waals surface area contributed by atoms with Gasteiger partial charge in [0, 0.05) is 45.2 Å². The number of nitrogens with zero attached hydrogens (tertiary/aromatic N) is 3. The third-order valence-corrected chi connectivity index (χ3v) is 6.49. The van der Waals surface area contributed by atoms with Gasteiger partial charge >= 0.3 is 0 Å². The molecular formula is C23H29N3O3. The topological polar surface area (TPSA) is 60.9 Å². The Kier molecular flexibility index (Phi) is 5.69. The molecule has 1 saturated heterocycles. The highest BCUT2D eigenvalue weighted by molar-refractivity contribution is 5.83. The zero-order valence-corrected chi connectivity index (χ0v) is 17.0. The number of carbonyl (C=O) groups is 3. The lowest BCUT2D eigenvalue weighted by molar-refractivity contribution is -0.143. The quantitative estimate of drug-likeness (QED) is 0.791. The van der Waals surface area contributed by atoms with Crippen molar-refractivity contribution in [2.24, 2.45) is 5.92 Å². The molecule has 0 aromatic heterocycles. The van der Waals surface area contributed by atoms with E-state index < -0.39 is 0 Å². The summed E-state index contributed by atoms with van der Waals surface area (Å²) in [5.41, 5.74) is 2.06. The van der Waals surface area contributed by atoms with Crippen LogP contribution in [0.4, 0.5) is 0 Å². The summed E-state index contributed by atoms with van der Waals surface area (Å²) in [6, 6.07) is 7.63. The van der Waals surface area contributed by atoms with Gasteiger partial charge in [0.2, 0.25) is 17.7 Å². The maximum absolute atomic E-state index is 13.0. The van der Waals surface area contributed by atoms with E-state index in [4.69, 9.17) is 0 Å². The Hall–Kier alpha value is -2.63. The van der Waals surface area contributed by atoms with Gasteiger partial charge in [0.15, 0.2) is 0 Å². The van der Waals surface area contributed by atoms with Crippen LogP contribution in [0.5, 0.6) is 0 Å². The van der Waals surface area contributed by atoms with Crippen molar-refractivity contribution in [3.05, 3.63) is 41.6 Å². The second kappa shape index (κ2) is 8.39. The molecule has 29 heavy (non-hydrogen) atoms. The van der Waals surface area contributed by atoms with Gasteiger partial charge in [-0.1, -0.05) is 37.1 Å². The molecule has 0 spiro atoms. The molecule has 1 aromatic carbocycles. The van der Waals surface area contributed by atoms with Gasteiger partial charge < -0.3 is 14.7 Å². The van der Waals surface area contributed by atoms with Gasteiger partial charge in [-0.25, -0.2) is 0 Å². The molecule has 2 aliphatic heterocycles. The minimum Gasteiger partial charge on any atom is -0.339 e. The SMILES string of the molecule is CC(=O)N1C=Cc2ccccc2C1CC(=O)N1CCN(C(=O)C2CCCC2)CC1. The fourth-order valence-electron chi connectivity index (χ4n) is 4.81. The second-order valence-corrected chi connectivity index (χ2v) is 8.28. The highest BCUT2D eigenvalue weighted by Gasteiger charge is 2.33. The molecule has 4 rings (SSSR count). The standard InChI is InChI=1S/C23H29N3O3/c1-17(27)26-11-10-18-6-4-5-9-20(18)21(26)16-22(28)24-12-14-25(15-13-24)23(29)19-7-2-3-8-19/h4-6,9-11,19,21H,2-3,7-8,12-16H2,1H3. The van der Waals surface area contributed by atoms with E-state index in [1.165, 1.54) is 6.92 Å². The van der Waals surface area contributed by atoms with E-state index in [-0.39, 0.29) is 36.1 Å². The number of piperazine rings is 1. The molecule has 154 valence electrons. The van der Waals surface area contributed by atoms with Crippen LogP contribution in [0.3, 0.4) is 0 Å². The largest absolute Gasteiger partial charge is 0.339 e. The number of rotatable bonds is 3. The minimum absolute atomic E-state index is 0.0410. The molecule has 1 aromatic rings. The van der Waals surface area contributed by atoms with Crippen LogP contribution in [0.2, 0.25) is 0 Å². The molecule has 1 aliphatic carbocycles. The highest BCUT2D eigenvalue weighted by atomic mass is 16.2. The van der Waals surface area contributed by atoms with Crippen LogP contribution in [0.25, 0.3) is 6.08 Å². The molecular weight excluding hydrogens is 366 g/mol. The van der Waals surface area contributed by atoms with Crippen LogP contribution < -0.4 is 0 Å². The maximum Gasteiger partial charge on any atom is 0.225 e. The molecule has 0 N–H and O–H groups in total. The fourth-order valence-corrected chi connectivity index (χ4v) is 4.81. The first-order valence-corrected chi connectivity index (χ1v) is 10.7. The third kappa shape index (κ3) is 4.07. The number of carbonyl (C=O) groups excluding carboxylic acids is 3. The van der Waals surface area contributed by atoms with Crippen molar-refractivity contribution in [2.75, 3.05) is 26.2 Å². The van der Waals surface area contributed by atoms with E-state index in [1.54, 1.807) is 11.1 Å². The van der Waals surface area contributed by atoms with Crippen molar-refractivity contribution in [2.45, 2.75) is 45.1 Å². The lowest BCUT2D eigenvalue weighted by Crippen LogP contribution is -2.52. The van der Waals surface area contributed by atoms with Gasteiger partial charge in [0.05, 0.1) is 12.5 Å². The summed E-state index contributed by atoms with van der Waals surface area (Å²) >= 11 is 0. The van der Waals surface area contributed by atoms with E-state index >= 15 is 0 Å². The van der Waals surface area contributed by atoms with Crippen molar-refractivity contribution < 1.29 is 14.4 Å². The Morgan fingerprint density at radius 1 is 0.966 bits per heavy atom. The van der Waals surface area contributed by atoms with Crippen molar-refractivity contribution >= 4 is 23.8 Å². The summed E-state index contributed by atoms with van der Waals surface area (Å²) in [5.74, 6) is 0.426. The van der Waals surface area contributed by atoms with Crippen LogP contribution in [0.15, 0.2) is 30.5 Å². The maximum atomic E-state index is 13.0. The number of hydrogen-bond acceptors (Lipinski definition) is 3. The molecule has 3 amide bonds. The first kappa shape index (κ1) is 19.7.